The fourth-order valence-electron chi connectivity index (χ4n) is 2.56. The first-order chi connectivity index (χ1) is 12.2. The maximum Gasteiger partial charge on any atom is 0.255 e. The normalized spacial score (nSPS) is 10.4. The van der Waals surface area contributed by atoms with E-state index < -0.39 is 0 Å². The summed E-state index contributed by atoms with van der Waals surface area (Å²) in [5, 5.41) is 7.50. The van der Waals surface area contributed by atoms with Gasteiger partial charge >= 0.3 is 0 Å². The highest BCUT2D eigenvalue weighted by molar-refractivity contribution is 5.99. The van der Waals surface area contributed by atoms with Crippen LogP contribution in [-0.4, -0.2) is 28.8 Å². The third-order valence-corrected chi connectivity index (χ3v) is 3.87. The summed E-state index contributed by atoms with van der Waals surface area (Å²) >= 11 is 0. The quantitative estimate of drug-likeness (QED) is 0.621. The first kappa shape index (κ1) is 19.8. The van der Waals surface area contributed by atoms with Crippen LogP contribution in [-0.2, 0) is 0 Å². The summed E-state index contributed by atoms with van der Waals surface area (Å²) in [4.78, 5) is 12.6. The van der Waals surface area contributed by atoms with Gasteiger partial charge in [-0.25, -0.2) is 4.68 Å². The second-order valence-electron chi connectivity index (χ2n) is 5.83. The van der Waals surface area contributed by atoms with Gasteiger partial charge in [-0.2, -0.15) is 5.10 Å². The summed E-state index contributed by atoms with van der Waals surface area (Å²) < 4.78 is 7.38. The number of halogens is 1. The average molecular weight is 375 g/mol. The molecule has 0 aliphatic rings. The van der Waals surface area contributed by atoms with Crippen LogP contribution in [0.25, 0.3) is 17.1 Å². The minimum absolute atomic E-state index is 0. The van der Waals surface area contributed by atoms with Crippen molar-refractivity contribution in [1.29, 1.82) is 0 Å². The molecule has 0 aliphatic carbocycles. The number of aromatic nitrogens is 2. The Kier molecular flexibility index (Phi) is 7.00. The summed E-state index contributed by atoms with van der Waals surface area (Å²) in [6, 6.07) is 13.4. The van der Waals surface area contributed by atoms with Gasteiger partial charge in [0.1, 0.15) is 11.5 Å². The standard InChI is InChI=1S/C19H22N4O2.ClH/c1-14-9-10-17(25-14)18-16(19(24)21-12-6-5-11-20)13-23(22-18)15-7-3-2-4-8-15;/h2-4,7-10,13H,5-6,11-12,20H2,1H3,(H,21,24);1H. The minimum atomic E-state index is -0.164. The number of carbonyl (C=O) groups excluding carboxylic acids is 1. The summed E-state index contributed by atoms with van der Waals surface area (Å²) in [7, 11) is 0. The maximum atomic E-state index is 12.6. The Morgan fingerprint density at radius 3 is 2.62 bits per heavy atom. The van der Waals surface area contributed by atoms with Crippen LogP contribution < -0.4 is 11.1 Å². The van der Waals surface area contributed by atoms with Crippen molar-refractivity contribution in [3.05, 3.63) is 60.0 Å². The summed E-state index contributed by atoms with van der Waals surface area (Å²) in [6.45, 7) is 3.08. The van der Waals surface area contributed by atoms with Crippen molar-refractivity contribution in [3.63, 3.8) is 0 Å². The molecule has 138 valence electrons. The van der Waals surface area contributed by atoms with E-state index in [9.17, 15) is 4.79 Å². The number of carbonyl (C=O) groups is 1. The molecule has 0 saturated heterocycles. The molecule has 1 amide bonds. The van der Waals surface area contributed by atoms with Crippen LogP contribution in [0.2, 0.25) is 0 Å². The van der Waals surface area contributed by atoms with E-state index in [0.717, 1.165) is 24.3 Å². The predicted molar refractivity (Wildman–Crippen MR) is 104 cm³/mol. The van der Waals surface area contributed by atoms with E-state index >= 15 is 0 Å². The number of para-hydroxylation sites is 1. The van der Waals surface area contributed by atoms with Crippen LogP contribution in [0.15, 0.2) is 53.1 Å². The topological polar surface area (TPSA) is 86.1 Å². The van der Waals surface area contributed by atoms with Crippen molar-refractivity contribution in [3.8, 4) is 17.1 Å². The number of hydrogen-bond donors (Lipinski definition) is 2. The molecule has 0 radical (unpaired) electrons. The number of hydrogen-bond acceptors (Lipinski definition) is 4. The summed E-state index contributed by atoms with van der Waals surface area (Å²) in [6.07, 6.45) is 3.47. The lowest BCUT2D eigenvalue weighted by atomic mass is 10.2. The third kappa shape index (κ3) is 4.53. The number of furan rings is 1. The monoisotopic (exact) mass is 374 g/mol. The fourth-order valence-corrected chi connectivity index (χ4v) is 2.56. The van der Waals surface area contributed by atoms with Gasteiger partial charge in [-0.15, -0.1) is 12.4 Å². The summed E-state index contributed by atoms with van der Waals surface area (Å²) in [5.41, 5.74) is 7.40. The number of amides is 1. The van der Waals surface area contributed by atoms with Gasteiger partial charge in [0.05, 0.1) is 11.3 Å². The van der Waals surface area contributed by atoms with Crippen LogP contribution >= 0.6 is 12.4 Å². The number of aryl methyl sites for hydroxylation is 1. The molecule has 0 aliphatic heterocycles. The van der Waals surface area contributed by atoms with Crippen molar-refractivity contribution in [2.45, 2.75) is 19.8 Å². The third-order valence-electron chi connectivity index (χ3n) is 3.87. The lowest BCUT2D eigenvalue weighted by Gasteiger charge is -2.03. The molecule has 26 heavy (non-hydrogen) atoms. The van der Waals surface area contributed by atoms with Crippen LogP contribution in [0.3, 0.4) is 0 Å². The highest BCUT2D eigenvalue weighted by atomic mass is 35.5. The first-order valence-electron chi connectivity index (χ1n) is 8.39. The molecule has 3 rings (SSSR count). The van der Waals surface area contributed by atoms with Crippen molar-refractivity contribution < 1.29 is 9.21 Å². The Morgan fingerprint density at radius 1 is 1.19 bits per heavy atom. The van der Waals surface area contributed by atoms with Crippen LogP contribution in [0.1, 0.15) is 29.0 Å². The van der Waals surface area contributed by atoms with Crippen LogP contribution in [0, 0.1) is 6.92 Å². The molecule has 7 heteroatoms. The van der Waals surface area contributed by atoms with Crippen LogP contribution in [0.5, 0.6) is 0 Å². The number of nitrogens with zero attached hydrogens (tertiary/aromatic N) is 2. The van der Waals surface area contributed by atoms with E-state index in [0.29, 0.717) is 30.1 Å². The highest BCUT2D eigenvalue weighted by Gasteiger charge is 2.20. The van der Waals surface area contributed by atoms with Gasteiger partial charge in [-0.3, -0.25) is 4.79 Å². The zero-order chi connectivity index (χ0) is 17.6. The Balaban J connectivity index is 0.00000243. The van der Waals surface area contributed by atoms with Gasteiger partial charge in [0.15, 0.2) is 5.76 Å². The number of nitrogens with one attached hydrogen (secondary N) is 1. The molecule has 1 aromatic carbocycles. The van der Waals surface area contributed by atoms with Crippen LogP contribution in [0.4, 0.5) is 0 Å². The molecular formula is C19H23ClN4O2. The lowest BCUT2D eigenvalue weighted by molar-refractivity contribution is 0.0953. The second kappa shape index (κ2) is 9.22. The second-order valence-corrected chi connectivity index (χ2v) is 5.83. The fraction of sp³-hybridized carbons (Fsp3) is 0.263. The molecule has 6 nitrogen and oxygen atoms in total. The molecule has 0 saturated carbocycles. The van der Waals surface area contributed by atoms with E-state index in [2.05, 4.69) is 10.4 Å². The highest BCUT2D eigenvalue weighted by Crippen LogP contribution is 2.25. The molecule has 0 fully saturated rings. The molecule has 3 aromatic rings. The van der Waals surface area contributed by atoms with E-state index in [1.165, 1.54) is 0 Å². The number of rotatable bonds is 7. The van der Waals surface area contributed by atoms with E-state index in [4.69, 9.17) is 10.2 Å². The van der Waals surface area contributed by atoms with E-state index in [1.807, 2.05) is 49.4 Å². The van der Waals surface area contributed by atoms with Gasteiger partial charge < -0.3 is 15.5 Å². The zero-order valence-electron chi connectivity index (χ0n) is 14.6. The first-order valence-corrected chi connectivity index (χ1v) is 8.39. The number of nitrogens with two attached hydrogens (primary N) is 1. The molecular weight excluding hydrogens is 352 g/mol. The maximum absolute atomic E-state index is 12.6. The average Bonchev–Trinajstić information content (AvgIpc) is 3.25. The molecule has 0 atom stereocenters. The Bertz CT molecular complexity index is 842. The van der Waals surface area contributed by atoms with Crippen molar-refractivity contribution in [2.75, 3.05) is 13.1 Å². The van der Waals surface area contributed by atoms with Crippen molar-refractivity contribution in [2.24, 2.45) is 5.73 Å². The van der Waals surface area contributed by atoms with Gasteiger partial charge in [-0.05, 0) is 50.6 Å². The van der Waals surface area contributed by atoms with E-state index in [1.54, 1.807) is 10.9 Å². The smallest absolute Gasteiger partial charge is 0.255 e. The molecule has 2 aromatic heterocycles. The Labute approximate surface area is 158 Å². The molecule has 3 N–H and O–H groups in total. The largest absolute Gasteiger partial charge is 0.460 e. The Hall–Kier alpha value is -2.57. The van der Waals surface area contributed by atoms with Crippen molar-refractivity contribution in [1.82, 2.24) is 15.1 Å². The summed E-state index contributed by atoms with van der Waals surface area (Å²) in [5.74, 6) is 1.20. The molecule has 0 unspecified atom stereocenters. The number of benzene rings is 1. The zero-order valence-corrected chi connectivity index (χ0v) is 15.5. The van der Waals surface area contributed by atoms with E-state index in [-0.39, 0.29) is 18.3 Å². The Morgan fingerprint density at radius 2 is 1.96 bits per heavy atom. The number of unbranched alkanes of at least 4 members (excludes halogenated alkanes) is 1. The van der Waals surface area contributed by atoms with Crippen molar-refractivity contribution >= 4 is 18.3 Å². The van der Waals surface area contributed by atoms with Gasteiger partial charge in [0.2, 0.25) is 0 Å². The van der Waals surface area contributed by atoms with Gasteiger partial charge in [0, 0.05) is 12.7 Å². The molecule has 0 bridgehead atoms. The minimum Gasteiger partial charge on any atom is -0.460 e. The predicted octanol–water partition coefficient (Wildman–Crippen LogP) is 3.33. The lowest BCUT2D eigenvalue weighted by Crippen LogP contribution is -2.25. The molecule has 2 heterocycles. The van der Waals surface area contributed by atoms with Gasteiger partial charge in [-0.1, -0.05) is 18.2 Å². The van der Waals surface area contributed by atoms with Gasteiger partial charge in [0.25, 0.3) is 5.91 Å². The SMILES string of the molecule is Cc1ccc(-c2nn(-c3ccccc3)cc2C(=O)NCCCCN)o1.Cl. The molecule has 0 spiro atoms.